The standard InChI is InChI=1S/C19H22N4O2/c1-11-8-12(2)23-17(21-11)14(10-20-23)18(25)22-15-9-13(19(3,4)5)6-7-16(15)24/h6-10,24H,1-5H3,(H,22,25). The highest BCUT2D eigenvalue weighted by atomic mass is 16.3. The molecular weight excluding hydrogens is 316 g/mol. The molecule has 1 amide bonds. The van der Waals surface area contributed by atoms with Gasteiger partial charge in [0.1, 0.15) is 11.3 Å². The highest BCUT2D eigenvalue weighted by Gasteiger charge is 2.19. The SMILES string of the molecule is Cc1cc(C)n2ncc(C(=O)Nc3cc(C(C)(C)C)ccc3O)c2n1. The number of aromatic nitrogens is 3. The number of amides is 1. The summed E-state index contributed by atoms with van der Waals surface area (Å²) < 4.78 is 1.63. The van der Waals surface area contributed by atoms with Gasteiger partial charge in [-0.05, 0) is 43.0 Å². The minimum Gasteiger partial charge on any atom is -0.506 e. The number of anilines is 1. The molecule has 130 valence electrons. The average Bonchev–Trinajstić information content (AvgIpc) is 2.92. The lowest BCUT2D eigenvalue weighted by atomic mass is 9.87. The van der Waals surface area contributed by atoms with Crippen LogP contribution in [0.5, 0.6) is 5.75 Å². The Hall–Kier alpha value is -2.89. The molecule has 0 bridgehead atoms. The number of hydrogen-bond donors (Lipinski definition) is 2. The molecule has 3 rings (SSSR count). The van der Waals surface area contributed by atoms with Gasteiger partial charge in [0, 0.05) is 11.4 Å². The maximum absolute atomic E-state index is 12.7. The van der Waals surface area contributed by atoms with Crippen LogP contribution in [0.1, 0.15) is 48.1 Å². The van der Waals surface area contributed by atoms with Crippen molar-refractivity contribution in [3.05, 3.63) is 53.0 Å². The number of phenolic OH excluding ortho intramolecular Hbond substituents is 1. The minimum absolute atomic E-state index is 0.0261. The van der Waals surface area contributed by atoms with Crippen molar-refractivity contribution in [2.24, 2.45) is 0 Å². The van der Waals surface area contributed by atoms with Crippen LogP contribution in [0.2, 0.25) is 0 Å². The van der Waals surface area contributed by atoms with E-state index in [2.05, 4.69) is 36.2 Å². The molecule has 0 aliphatic carbocycles. The van der Waals surface area contributed by atoms with Crippen LogP contribution in [-0.2, 0) is 5.41 Å². The summed E-state index contributed by atoms with van der Waals surface area (Å²) in [5, 5.41) is 17.1. The first-order valence-corrected chi connectivity index (χ1v) is 8.13. The molecule has 25 heavy (non-hydrogen) atoms. The van der Waals surface area contributed by atoms with E-state index in [0.29, 0.717) is 16.9 Å². The summed E-state index contributed by atoms with van der Waals surface area (Å²) >= 11 is 0. The molecule has 2 N–H and O–H groups in total. The zero-order chi connectivity index (χ0) is 18.4. The zero-order valence-corrected chi connectivity index (χ0v) is 15.1. The van der Waals surface area contributed by atoms with Crippen LogP contribution in [0.3, 0.4) is 0 Å². The van der Waals surface area contributed by atoms with Gasteiger partial charge in [-0.25, -0.2) is 9.50 Å². The molecule has 3 aromatic rings. The van der Waals surface area contributed by atoms with E-state index >= 15 is 0 Å². The van der Waals surface area contributed by atoms with Crippen LogP contribution < -0.4 is 5.32 Å². The number of rotatable bonds is 2. The lowest BCUT2D eigenvalue weighted by Gasteiger charge is -2.20. The highest BCUT2D eigenvalue weighted by molar-refractivity contribution is 6.08. The number of nitrogens with zero attached hydrogens (tertiary/aromatic N) is 3. The van der Waals surface area contributed by atoms with E-state index in [4.69, 9.17) is 0 Å². The number of nitrogens with one attached hydrogen (secondary N) is 1. The summed E-state index contributed by atoms with van der Waals surface area (Å²) in [6.45, 7) is 10.0. The van der Waals surface area contributed by atoms with Gasteiger partial charge < -0.3 is 10.4 Å². The van der Waals surface area contributed by atoms with Gasteiger partial charge in [0.2, 0.25) is 0 Å². The molecule has 1 aromatic carbocycles. The molecule has 0 unspecified atom stereocenters. The number of fused-ring (bicyclic) bond motifs is 1. The number of aryl methyl sites for hydroxylation is 2. The van der Waals surface area contributed by atoms with Crippen molar-refractivity contribution < 1.29 is 9.90 Å². The number of benzene rings is 1. The van der Waals surface area contributed by atoms with Gasteiger partial charge in [0.25, 0.3) is 5.91 Å². The largest absolute Gasteiger partial charge is 0.506 e. The first kappa shape index (κ1) is 17.0. The van der Waals surface area contributed by atoms with Crippen molar-refractivity contribution in [2.75, 3.05) is 5.32 Å². The minimum atomic E-state index is -0.353. The van der Waals surface area contributed by atoms with E-state index in [0.717, 1.165) is 17.0 Å². The number of carbonyl (C=O) groups excluding carboxylic acids is 1. The highest BCUT2D eigenvalue weighted by Crippen LogP contribution is 2.31. The third-order valence-electron chi connectivity index (χ3n) is 4.13. The summed E-state index contributed by atoms with van der Waals surface area (Å²) in [4.78, 5) is 17.1. The zero-order valence-electron chi connectivity index (χ0n) is 15.1. The van der Waals surface area contributed by atoms with Crippen LogP contribution in [-0.4, -0.2) is 25.6 Å². The Kier molecular flexibility index (Phi) is 3.99. The molecule has 0 saturated heterocycles. The van der Waals surface area contributed by atoms with Gasteiger partial charge in [-0.3, -0.25) is 4.79 Å². The first-order chi connectivity index (χ1) is 11.7. The van der Waals surface area contributed by atoms with Gasteiger partial charge >= 0.3 is 0 Å². The van der Waals surface area contributed by atoms with Crippen LogP contribution in [0, 0.1) is 13.8 Å². The maximum Gasteiger partial charge on any atom is 0.261 e. The molecule has 0 spiro atoms. The molecule has 2 heterocycles. The smallest absolute Gasteiger partial charge is 0.261 e. The molecule has 0 aliphatic heterocycles. The Labute approximate surface area is 146 Å². The van der Waals surface area contributed by atoms with E-state index in [-0.39, 0.29) is 17.1 Å². The molecule has 0 saturated carbocycles. The van der Waals surface area contributed by atoms with Crippen molar-refractivity contribution in [3.63, 3.8) is 0 Å². The van der Waals surface area contributed by atoms with E-state index in [1.807, 2.05) is 26.0 Å². The normalized spacial score (nSPS) is 11.7. The van der Waals surface area contributed by atoms with E-state index in [9.17, 15) is 9.90 Å². The quantitative estimate of drug-likeness (QED) is 0.700. The van der Waals surface area contributed by atoms with Gasteiger partial charge in [-0.2, -0.15) is 5.10 Å². The second kappa shape index (κ2) is 5.88. The molecule has 0 atom stereocenters. The molecular formula is C19H22N4O2. The number of hydrogen-bond acceptors (Lipinski definition) is 4. The average molecular weight is 338 g/mol. The Bertz CT molecular complexity index is 967. The number of phenols is 1. The molecule has 6 heteroatoms. The molecule has 2 aromatic heterocycles. The Morgan fingerprint density at radius 3 is 2.60 bits per heavy atom. The van der Waals surface area contributed by atoms with Crippen LogP contribution in [0.4, 0.5) is 5.69 Å². The summed E-state index contributed by atoms with van der Waals surface area (Å²) in [5.74, 6) is -0.327. The molecule has 6 nitrogen and oxygen atoms in total. The van der Waals surface area contributed by atoms with Crippen molar-refractivity contribution in [2.45, 2.75) is 40.0 Å². The fraction of sp³-hybridized carbons (Fsp3) is 0.316. The summed E-state index contributed by atoms with van der Waals surface area (Å²) in [7, 11) is 0. The number of aromatic hydroxyl groups is 1. The van der Waals surface area contributed by atoms with Crippen LogP contribution in [0.15, 0.2) is 30.5 Å². The summed E-state index contributed by atoms with van der Waals surface area (Å²) in [5.41, 5.74) is 3.89. The molecule has 0 fully saturated rings. The number of carbonyl (C=O) groups is 1. The van der Waals surface area contributed by atoms with Crippen LogP contribution in [0.25, 0.3) is 5.65 Å². The molecule has 0 aliphatic rings. The predicted octanol–water partition coefficient (Wildman–Crippen LogP) is 3.60. The second-order valence-electron chi connectivity index (χ2n) is 7.27. The maximum atomic E-state index is 12.7. The Morgan fingerprint density at radius 2 is 1.92 bits per heavy atom. The lowest BCUT2D eigenvalue weighted by molar-refractivity contribution is 0.102. The van der Waals surface area contributed by atoms with Crippen molar-refractivity contribution in [1.82, 2.24) is 14.6 Å². The fourth-order valence-electron chi connectivity index (χ4n) is 2.72. The van der Waals surface area contributed by atoms with Gasteiger partial charge in [-0.15, -0.1) is 0 Å². The van der Waals surface area contributed by atoms with Gasteiger partial charge in [-0.1, -0.05) is 26.8 Å². The van der Waals surface area contributed by atoms with Gasteiger partial charge in [0.15, 0.2) is 5.65 Å². The van der Waals surface area contributed by atoms with Crippen LogP contribution >= 0.6 is 0 Å². The first-order valence-electron chi connectivity index (χ1n) is 8.13. The van der Waals surface area contributed by atoms with E-state index < -0.39 is 0 Å². The molecule has 0 radical (unpaired) electrons. The Balaban J connectivity index is 1.99. The predicted molar refractivity (Wildman–Crippen MR) is 97.2 cm³/mol. The van der Waals surface area contributed by atoms with Crippen molar-refractivity contribution in [3.8, 4) is 5.75 Å². The summed E-state index contributed by atoms with van der Waals surface area (Å²) in [6, 6.07) is 7.15. The van der Waals surface area contributed by atoms with Gasteiger partial charge in [0.05, 0.1) is 11.9 Å². The topological polar surface area (TPSA) is 79.5 Å². The second-order valence-corrected chi connectivity index (χ2v) is 7.27. The fourth-order valence-corrected chi connectivity index (χ4v) is 2.72. The van der Waals surface area contributed by atoms with Crippen molar-refractivity contribution >= 4 is 17.2 Å². The summed E-state index contributed by atoms with van der Waals surface area (Å²) in [6.07, 6.45) is 1.49. The van der Waals surface area contributed by atoms with E-state index in [1.165, 1.54) is 6.20 Å². The van der Waals surface area contributed by atoms with Crippen molar-refractivity contribution in [1.29, 1.82) is 0 Å². The Morgan fingerprint density at radius 1 is 1.20 bits per heavy atom. The lowest BCUT2D eigenvalue weighted by Crippen LogP contribution is -2.15. The van der Waals surface area contributed by atoms with E-state index in [1.54, 1.807) is 16.6 Å². The third-order valence-corrected chi connectivity index (χ3v) is 4.13. The monoisotopic (exact) mass is 338 g/mol. The third kappa shape index (κ3) is 3.20.